The fraction of sp³-hybridized carbons (Fsp3) is 0.429. The van der Waals surface area contributed by atoms with E-state index in [0.717, 1.165) is 43.4 Å². The van der Waals surface area contributed by atoms with E-state index in [2.05, 4.69) is 5.32 Å². The number of carbonyl (C=O) groups is 2. The summed E-state index contributed by atoms with van der Waals surface area (Å²) in [6, 6.07) is 7.28. The van der Waals surface area contributed by atoms with Crippen LogP contribution in [0.2, 0.25) is 0 Å². The molecule has 0 saturated heterocycles. The molecule has 1 heterocycles. The molecule has 0 bridgehead atoms. The maximum atomic E-state index is 13.5. The molecule has 1 atom stereocenters. The van der Waals surface area contributed by atoms with Gasteiger partial charge in [0.25, 0.3) is 0 Å². The number of hydrogen-bond donors (Lipinski definition) is 1. The van der Waals surface area contributed by atoms with Crippen LogP contribution in [0.25, 0.3) is 0 Å². The molecule has 162 valence electrons. The van der Waals surface area contributed by atoms with Gasteiger partial charge in [0.1, 0.15) is 5.75 Å². The molecule has 1 fully saturated rings. The smallest absolute Gasteiger partial charge is 0.471 e. The number of ether oxygens (including phenoxy) is 1. The monoisotopic (exact) mass is 440 g/mol. The van der Waals surface area contributed by atoms with Crippen LogP contribution in [0, 0.1) is 0 Å². The molecular weight excluding hydrogens is 417 g/mol. The number of thiophene rings is 1. The molecular formula is C21H23F3N2O3S. The molecule has 5 nitrogen and oxygen atoms in total. The average Bonchev–Trinajstić information content (AvgIpc) is 3.25. The number of rotatable bonds is 6. The van der Waals surface area contributed by atoms with Crippen LogP contribution in [-0.4, -0.2) is 31.1 Å². The lowest BCUT2D eigenvalue weighted by Crippen LogP contribution is -2.50. The second-order valence-corrected chi connectivity index (χ2v) is 8.11. The topological polar surface area (TPSA) is 58.6 Å². The first-order chi connectivity index (χ1) is 14.3. The van der Waals surface area contributed by atoms with Crippen molar-refractivity contribution in [1.82, 2.24) is 5.32 Å². The summed E-state index contributed by atoms with van der Waals surface area (Å²) < 4.78 is 45.6. The second kappa shape index (κ2) is 9.51. The van der Waals surface area contributed by atoms with Crippen LogP contribution in [0.15, 0.2) is 41.8 Å². The standard InChI is InChI=1S/C21H23F3N2O3S/c1-29-16-11-9-15(10-12-16)26(20(28)21(22,23)24)18(17-8-5-13-30-17)19(27)25-14-6-3-2-4-7-14/h5,8-14,18H,2-4,6-7H2,1H3,(H,25,27)/t18-/m1/s1. The Balaban J connectivity index is 2.01. The van der Waals surface area contributed by atoms with Gasteiger partial charge in [-0.25, -0.2) is 0 Å². The number of methoxy groups -OCH3 is 1. The van der Waals surface area contributed by atoms with Crippen molar-refractivity contribution >= 4 is 28.8 Å². The van der Waals surface area contributed by atoms with Gasteiger partial charge in [-0.2, -0.15) is 13.2 Å². The Morgan fingerprint density at radius 1 is 1.13 bits per heavy atom. The van der Waals surface area contributed by atoms with Crippen LogP contribution in [0.4, 0.5) is 18.9 Å². The summed E-state index contributed by atoms with van der Waals surface area (Å²) in [5.41, 5.74) is -0.0321. The molecule has 3 rings (SSSR count). The van der Waals surface area contributed by atoms with Crippen molar-refractivity contribution in [3.05, 3.63) is 46.7 Å². The first kappa shape index (κ1) is 22.1. The van der Waals surface area contributed by atoms with Crippen molar-refractivity contribution in [1.29, 1.82) is 0 Å². The van der Waals surface area contributed by atoms with E-state index in [1.54, 1.807) is 17.5 Å². The number of halogens is 3. The van der Waals surface area contributed by atoms with Crippen molar-refractivity contribution in [2.45, 2.75) is 50.4 Å². The molecule has 0 aliphatic heterocycles. The first-order valence-corrected chi connectivity index (χ1v) is 10.6. The van der Waals surface area contributed by atoms with E-state index >= 15 is 0 Å². The van der Waals surface area contributed by atoms with Gasteiger partial charge in [-0.1, -0.05) is 25.3 Å². The molecule has 0 spiro atoms. The number of carbonyl (C=O) groups excluding carboxylic acids is 2. The van der Waals surface area contributed by atoms with Gasteiger partial charge in [0.15, 0.2) is 6.04 Å². The van der Waals surface area contributed by atoms with Crippen LogP contribution in [-0.2, 0) is 9.59 Å². The zero-order valence-corrected chi connectivity index (χ0v) is 17.3. The lowest BCUT2D eigenvalue weighted by molar-refractivity contribution is -0.171. The van der Waals surface area contributed by atoms with Gasteiger partial charge in [0, 0.05) is 16.6 Å². The Morgan fingerprint density at radius 3 is 2.33 bits per heavy atom. The third-order valence-corrected chi connectivity index (χ3v) is 6.01. The highest BCUT2D eigenvalue weighted by Crippen LogP contribution is 2.35. The Bertz CT molecular complexity index is 847. The van der Waals surface area contributed by atoms with Crippen molar-refractivity contribution in [3.8, 4) is 5.75 Å². The van der Waals surface area contributed by atoms with E-state index < -0.39 is 24.0 Å². The number of nitrogens with one attached hydrogen (secondary N) is 1. The molecule has 9 heteroatoms. The number of hydrogen-bond acceptors (Lipinski definition) is 4. The molecule has 0 unspecified atom stereocenters. The lowest BCUT2D eigenvalue weighted by Gasteiger charge is -2.33. The fourth-order valence-electron chi connectivity index (χ4n) is 3.61. The highest BCUT2D eigenvalue weighted by Gasteiger charge is 2.47. The van der Waals surface area contributed by atoms with Crippen LogP contribution in [0.3, 0.4) is 0 Å². The predicted octanol–water partition coefficient (Wildman–Crippen LogP) is 4.84. The predicted molar refractivity (Wildman–Crippen MR) is 109 cm³/mol. The molecule has 1 aliphatic carbocycles. The van der Waals surface area contributed by atoms with Gasteiger partial charge >= 0.3 is 12.1 Å². The summed E-state index contributed by atoms with van der Waals surface area (Å²) in [4.78, 5) is 26.5. The molecule has 2 amide bonds. The molecule has 30 heavy (non-hydrogen) atoms. The van der Waals surface area contributed by atoms with Gasteiger partial charge in [-0.15, -0.1) is 11.3 Å². The van der Waals surface area contributed by atoms with Gasteiger partial charge in [0.05, 0.1) is 7.11 Å². The molecule has 1 saturated carbocycles. The Labute approximate surface area is 176 Å². The highest BCUT2D eigenvalue weighted by atomic mass is 32.1. The van der Waals surface area contributed by atoms with Crippen molar-refractivity contribution < 1.29 is 27.5 Å². The van der Waals surface area contributed by atoms with Crippen molar-refractivity contribution in [3.63, 3.8) is 0 Å². The van der Waals surface area contributed by atoms with Gasteiger partial charge < -0.3 is 10.1 Å². The summed E-state index contributed by atoms with van der Waals surface area (Å²) in [6.45, 7) is 0. The molecule has 1 aromatic carbocycles. The molecule has 1 aliphatic rings. The van der Waals surface area contributed by atoms with Crippen LogP contribution in [0.5, 0.6) is 5.75 Å². The van der Waals surface area contributed by atoms with Crippen LogP contribution < -0.4 is 15.0 Å². The van der Waals surface area contributed by atoms with Crippen LogP contribution >= 0.6 is 11.3 Å². The first-order valence-electron chi connectivity index (χ1n) is 9.69. The molecule has 0 radical (unpaired) electrons. The summed E-state index contributed by atoms with van der Waals surface area (Å²) >= 11 is 1.13. The zero-order valence-electron chi connectivity index (χ0n) is 16.4. The molecule has 1 N–H and O–H groups in total. The van der Waals surface area contributed by atoms with Gasteiger partial charge in [-0.3, -0.25) is 14.5 Å². The molecule has 1 aromatic heterocycles. The summed E-state index contributed by atoms with van der Waals surface area (Å²) in [7, 11) is 1.43. The second-order valence-electron chi connectivity index (χ2n) is 7.13. The number of nitrogens with zero attached hydrogens (tertiary/aromatic N) is 1. The minimum atomic E-state index is -5.14. The molecule has 2 aromatic rings. The van der Waals surface area contributed by atoms with E-state index in [1.807, 2.05) is 0 Å². The van der Waals surface area contributed by atoms with Crippen molar-refractivity contribution in [2.24, 2.45) is 0 Å². The van der Waals surface area contributed by atoms with Crippen molar-refractivity contribution in [2.75, 3.05) is 12.0 Å². The normalized spacial score (nSPS) is 16.0. The van der Waals surface area contributed by atoms with E-state index in [1.165, 1.54) is 31.4 Å². The van der Waals surface area contributed by atoms with Gasteiger partial charge in [-0.05, 0) is 48.6 Å². The Morgan fingerprint density at radius 2 is 1.80 bits per heavy atom. The van der Waals surface area contributed by atoms with Crippen LogP contribution in [0.1, 0.15) is 43.0 Å². The maximum Gasteiger partial charge on any atom is 0.471 e. The third-order valence-electron chi connectivity index (χ3n) is 5.08. The Kier molecular flexibility index (Phi) is 7.02. The van der Waals surface area contributed by atoms with E-state index in [9.17, 15) is 22.8 Å². The lowest BCUT2D eigenvalue weighted by atomic mass is 9.95. The quantitative estimate of drug-likeness (QED) is 0.699. The number of alkyl halides is 3. The number of benzene rings is 1. The minimum absolute atomic E-state index is 0.0321. The third kappa shape index (κ3) is 5.13. The summed E-state index contributed by atoms with van der Waals surface area (Å²) in [5, 5.41) is 4.54. The van der Waals surface area contributed by atoms with E-state index in [-0.39, 0.29) is 11.7 Å². The van der Waals surface area contributed by atoms with E-state index in [4.69, 9.17) is 4.74 Å². The minimum Gasteiger partial charge on any atom is -0.497 e. The maximum absolute atomic E-state index is 13.5. The summed E-state index contributed by atoms with van der Waals surface area (Å²) in [5.74, 6) is -2.28. The Hall–Kier alpha value is -2.55. The van der Waals surface area contributed by atoms with E-state index in [0.29, 0.717) is 15.5 Å². The van der Waals surface area contributed by atoms with Gasteiger partial charge in [0.2, 0.25) is 5.91 Å². The largest absolute Gasteiger partial charge is 0.497 e. The zero-order chi connectivity index (χ0) is 21.7. The summed E-state index contributed by atoms with van der Waals surface area (Å²) in [6.07, 6.45) is -0.598. The fourth-order valence-corrected chi connectivity index (χ4v) is 4.42. The highest BCUT2D eigenvalue weighted by molar-refractivity contribution is 7.10. The SMILES string of the molecule is COc1ccc(N(C(=O)C(F)(F)F)[C@@H](C(=O)NC2CCCCC2)c2cccs2)cc1. The average molecular weight is 440 g/mol. The number of amides is 2. The number of anilines is 1.